The smallest absolute Gasteiger partial charge is 0.339 e. The lowest BCUT2D eigenvalue weighted by atomic mass is 10.0. The molecule has 0 unspecified atom stereocenters. The SMILES string of the molecule is CCCCCCCCCc1ccc(N=Cc2ccc(OCCCCCOC(=O)c3ccccc3C(=O)OCCCCCOc3ccc(C=Nc4ccc(CCCCCCCCC)cc4)cc3)cc2)cc1. The van der Waals surface area contributed by atoms with Gasteiger partial charge in [-0.25, -0.2) is 9.59 Å². The fraction of sp³-hybridized carbons (Fsp3) is 0.452. The van der Waals surface area contributed by atoms with Crippen LogP contribution in [-0.4, -0.2) is 50.8 Å². The minimum atomic E-state index is -0.528. The molecule has 0 radical (unpaired) electrons. The van der Waals surface area contributed by atoms with Gasteiger partial charge in [0, 0.05) is 12.4 Å². The van der Waals surface area contributed by atoms with Crippen LogP contribution in [0.5, 0.6) is 11.5 Å². The molecule has 0 aliphatic carbocycles. The first-order chi connectivity index (χ1) is 34.5. The highest BCUT2D eigenvalue weighted by Crippen LogP contribution is 2.20. The molecule has 0 saturated carbocycles. The standard InChI is InChI=1S/C62H80N2O6/c1-3-5-7-9-11-13-17-25-51-29-37-55(38-30-51)63-49-53-33-41-57(42-34-53)67-45-21-15-23-47-69-61(65)59-27-19-20-28-60(59)62(66)70-48-24-16-22-46-68-58-43-35-54(36-44-58)50-64-56-39-31-52(32-40-56)26-18-14-12-10-8-6-4-2/h19-20,27-44,49-50H,3-18,21-26,45-48H2,1-2H3. The molecular formula is C62H80N2O6. The number of benzene rings is 5. The first kappa shape index (κ1) is 54.9. The Morgan fingerprint density at radius 3 is 1.11 bits per heavy atom. The maximum Gasteiger partial charge on any atom is 0.339 e. The summed E-state index contributed by atoms with van der Waals surface area (Å²) >= 11 is 0. The van der Waals surface area contributed by atoms with E-state index in [1.165, 1.54) is 101 Å². The predicted octanol–water partition coefficient (Wildman–Crippen LogP) is 16.6. The van der Waals surface area contributed by atoms with E-state index < -0.39 is 11.9 Å². The van der Waals surface area contributed by atoms with E-state index in [1.54, 1.807) is 24.3 Å². The molecular weight excluding hydrogens is 869 g/mol. The number of aliphatic imine (C=N–C) groups is 2. The van der Waals surface area contributed by atoms with Gasteiger partial charge in [-0.3, -0.25) is 9.98 Å². The molecule has 0 aliphatic rings. The van der Waals surface area contributed by atoms with Crippen LogP contribution in [0.15, 0.2) is 131 Å². The Balaban J connectivity index is 0.873. The summed E-state index contributed by atoms with van der Waals surface area (Å²) in [6.45, 7) is 6.17. The van der Waals surface area contributed by atoms with Crippen molar-refractivity contribution < 1.29 is 28.5 Å². The number of rotatable bonds is 36. The molecule has 0 aliphatic heterocycles. The Morgan fingerprint density at radius 1 is 0.386 bits per heavy atom. The summed E-state index contributed by atoms with van der Waals surface area (Å²) in [5, 5.41) is 0. The highest BCUT2D eigenvalue weighted by atomic mass is 16.5. The lowest BCUT2D eigenvalue weighted by Crippen LogP contribution is -2.15. The molecule has 5 rings (SSSR count). The second kappa shape index (κ2) is 34.3. The number of carbonyl (C=O) groups is 2. The topological polar surface area (TPSA) is 95.8 Å². The van der Waals surface area contributed by atoms with Gasteiger partial charge in [0.1, 0.15) is 11.5 Å². The third-order valence-electron chi connectivity index (χ3n) is 12.4. The van der Waals surface area contributed by atoms with E-state index in [1.807, 2.05) is 61.0 Å². The molecule has 5 aromatic carbocycles. The van der Waals surface area contributed by atoms with Crippen molar-refractivity contribution in [1.29, 1.82) is 0 Å². The molecule has 8 heteroatoms. The zero-order valence-corrected chi connectivity index (χ0v) is 42.4. The fourth-order valence-corrected chi connectivity index (χ4v) is 8.13. The highest BCUT2D eigenvalue weighted by molar-refractivity contribution is 6.03. The number of aryl methyl sites for hydroxylation is 2. The van der Waals surface area contributed by atoms with E-state index >= 15 is 0 Å². The summed E-state index contributed by atoms with van der Waals surface area (Å²) in [7, 11) is 0. The average Bonchev–Trinajstić information content (AvgIpc) is 3.39. The number of hydrogen-bond donors (Lipinski definition) is 0. The van der Waals surface area contributed by atoms with Crippen LogP contribution in [0, 0.1) is 0 Å². The normalized spacial score (nSPS) is 11.3. The number of esters is 2. The molecule has 0 N–H and O–H groups in total. The molecule has 0 spiro atoms. The summed E-state index contributed by atoms with van der Waals surface area (Å²) in [5.41, 5.74) is 7.11. The Kier molecular flexibility index (Phi) is 26.9. The van der Waals surface area contributed by atoms with Crippen molar-refractivity contribution in [2.24, 2.45) is 9.98 Å². The molecule has 374 valence electrons. The van der Waals surface area contributed by atoms with E-state index in [2.05, 4.69) is 72.4 Å². The fourth-order valence-electron chi connectivity index (χ4n) is 8.13. The van der Waals surface area contributed by atoms with Crippen molar-refractivity contribution >= 4 is 35.7 Å². The molecule has 0 aromatic heterocycles. The van der Waals surface area contributed by atoms with Crippen LogP contribution < -0.4 is 9.47 Å². The Hall–Kier alpha value is -6.02. The van der Waals surface area contributed by atoms with Crippen LogP contribution in [0.25, 0.3) is 0 Å². The summed E-state index contributed by atoms with van der Waals surface area (Å²) in [4.78, 5) is 35.2. The van der Waals surface area contributed by atoms with E-state index in [0.717, 1.165) is 72.5 Å². The molecule has 0 saturated heterocycles. The monoisotopic (exact) mass is 949 g/mol. The minimum absolute atomic E-state index is 0.213. The second-order valence-corrected chi connectivity index (χ2v) is 18.4. The number of carbonyl (C=O) groups excluding carboxylic acids is 2. The highest BCUT2D eigenvalue weighted by Gasteiger charge is 2.19. The van der Waals surface area contributed by atoms with Gasteiger partial charge in [0.25, 0.3) is 0 Å². The summed E-state index contributed by atoms with van der Waals surface area (Å²) in [6.07, 6.45) is 29.3. The van der Waals surface area contributed by atoms with E-state index in [4.69, 9.17) is 18.9 Å². The van der Waals surface area contributed by atoms with E-state index in [9.17, 15) is 9.59 Å². The molecule has 8 nitrogen and oxygen atoms in total. The van der Waals surface area contributed by atoms with Gasteiger partial charge in [0.05, 0.1) is 48.9 Å². The average molecular weight is 949 g/mol. The van der Waals surface area contributed by atoms with Gasteiger partial charge in [-0.1, -0.05) is 127 Å². The first-order valence-electron chi connectivity index (χ1n) is 26.7. The minimum Gasteiger partial charge on any atom is -0.494 e. The maximum absolute atomic E-state index is 12.9. The lowest BCUT2D eigenvalue weighted by molar-refractivity contribution is 0.0449. The van der Waals surface area contributed by atoms with Gasteiger partial charge in [0.15, 0.2) is 0 Å². The van der Waals surface area contributed by atoms with Gasteiger partial charge in [-0.05, 0) is 171 Å². The molecule has 0 amide bonds. The maximum atomic E-state index is 12.9. The molecule has 0 atom stereocenters. The second-order valence-electron chi connectivity index (χ2n) is 18.4. The summed E-state index contributed by atoms with van der Waals surface area (Å²) in [6, 6.07) is 39.7. The largest absolute Gasteiger partial charge is 0.494 e. The third-order valence-corrected chi connectivity index (χ3v) is 12.4. The van der Waals surface area contributed by atoms with Gasteiger partial charge in [0.2, 0.25) is 0 Å². The first-order valence-corrected chi connectivity index (χ1v) is 26.7. The van der Waals surface area contributed by atoms with Crippen molar-refractivity contribution in [1.82, 2.24) is 0 Å². The van der Waals surface area contributed by atoms with Crippen molar-refractivity contribution in [3.63, 3.8) is 0 Å². The molecule has 0 fully saturated rings. The molecule has 5 aromatic rings. The molecule has 70 heavy (non-hydrogen) atoms. The molecule has 0 heterocycles. The summed E-state index contributed by atoms with van der Waals surface area (Å²) in [5.74, 6) is 0.556. The Morgan fingerprint density at radius 2 is 0.729 bits per heavy atom. The Labute approximate surface area is 420 Å². The zero-order chi connectivity index (χ0) is 49.1. The number of ether oxygens (including phenoxy) is 4. The van der Waals surface area contributed by atoms with Crippen molar-refractivity contribution in [3.05, 3.63) is 155 Å². The van der Waals surface area contributed by atoms with Crippen LogP contribution in [0.1, 0.15) is 185 Å². The lowest BCUT2D eigenvalue weighted by Gasteiger charge is -2.10. The van der Waals surface area contributed by atoms with E-state index in [-0.39, 0.29) is 24.3 Å². The third kappa shape index (κ3) is 22.6. The zero-order valence-electron chi connectivity index (χ0n) is 42.4. The quantitative estimate of drug-likeness (QED) is 0.0225. The predicted molar refractivity (Wildman–Crippen MR) is 289 cm³/mol. The summed E-state index contributed by atoms with van der Waals surface area (Å²) < 4.78 is 23.0. The van der Waals surface area contributed by atoms with Crippen LogP contribution in [0.2, 0.25) is 0 Å². The van der Waals surface area contributed by atoms with Crippen LogP contribution in [0.4, 0.5) is 11.4 Å². The van der Waals surface area contributed by atoms with Gasteiger partial charge < -0.3 is 18.9 Å². The van der Waals surface area contributed by atoms with Crippen LogP contribution in [-0.2, 0) is 22.3 Å². The van der Waals surface area contributed by atoms with Crippen molar-refractivity contribution in [2.45, 2.75) is 155 Å². The van der Waals surface area contributed by atoms with Gasteiger partial charge in [-0.2, -0.15) is 0 Å². The van der Waals surface area contributed by atoms with Crippen LogP contribution >= 0.6 is 0 Å². The van der Waals surface area contributed by atoms with Gasteiger partial charge >= 0.3 is 11.9 Å². The van der Waals surface area contributed by atoms with Crippen molar-refractivity contribution in [2.75, 3.05) is 26.4 Å². The van der Waals surface area contributed by atoms with Gasteiger partial charge in [-0.15, -0.1) is 0 Å². The number of hydrogen-bond acceptors (Lipinski definition) is 8. The Bertz CT molecular complexity index is 2070. The van der Waals surface area contributed by atoms with Crippen molar-refractivity contribution in [3.8, 4) is 11.5 Å². The molecule has 0 bridgehead atoms. The number of unbranched alkanes of at least 4 members (excludes halogenated alkanes) is 16. The number of nitrogens with zero attached hydrogens (tertiary/aromatic N) is 2. The van der Waals surface area contributed by atoms with Crippen LogP contribution in [0.3, 0.4) is 0 Å². The van der Waals surface area contributed by atoms with E-state index in [0.29, 0.717) is 26.1 Å².